The second kappa shape index (κ2) is 18.6. The van der Waals surface area contributed by atoms with Crippen LogP contribution in [0.4, 0.5) is 0 Å². The summed E-state index contributed by atoms with van der Waals surface area (Å²) in [4.78, 5) is 23.3. The minimum Gasteiger partial charge on any atom is -0.463 e. The second-order valence-corrected chi connectivity index (χ2v) is 5.75. The van der Waals surface area contributed by atoms with Gasteiger partial charge in [-0.15, -0.1) is 0 Å². The predicted octanol–water partition coefficient (Wildman–Crippen LogP) is 1.60. The monoisotopic (exact) mass is 378 g/mol. The zero-order chi connectivity index (χ0) is 19.5. The lowest BCUT2D eigenvalue weighted by molar-refractivity contribution is -0.149. The SMILES string of the molecule is COCCOCCOC(=O)CCCCC(C)C(=O)OCCOCCOC. The summed E-state index contributed by atoms with van der Waals surface area (Å²) in [6.45, 7) is 5.06. The Bertz CT molecular complexity index is 348. The van der Waals surface area contributed by atoms with E-state index in [9.17, 15) is 9.59 Å². The Morgan fingerprint density at radius 3 is 1.85 bits per heavy atom. The number of carbonyl (C=O) groups excluding carboxylic acids is 2. The van der Waals surface area contributed by atoms with Crippen molar-refractivity contribution in [1.82, 2.24) is 0 Å². The molecule has 0 spiro atoms. The molecule has 0 saturated heterocycles. The maximum Gasteiger partial charge on any atom is 0.308 e. The van der Waals surface area contributed by atoms with Crippen LogP contribution in [0.2, 0.25) is 0 Å². The minimum absolute atomic E-state index is 0.195. The molecular weight excluding hydrogens is 344 g/mol. The first-order valence-corrected chi connectivity index (χ1v) is 9.07. The van der Waals surface area contributed by atoms with E-state index < -0.39 is 0 Å². The maximum atomic E-state index is 11.8. The predicted molar refractivity (Wildman–Crippen MR) is 94.9 cm³/mol. The molecule has 0 saturated carbocycles. The average molecular weight is 378 g/mol. The van der Waals surface area contributed by atoms with Crippen molar-refractivity contribution >= 4 is 11.9 Å². The largest absolute Gasteiger partial charge is 0.463 e. The Kier molecular flexibility index (Phi) is 17.7. The van der Waals surface area contributed by atoms with E-state index in [4.69, 9.17) is 28.4 Å². The standard InChI is InChI=1S/C18H34O8/c1-16(18(20)26-15-13-24-11-9-22-3)6-4-5-7-17(19)25-14-12-23-10-8-21-2/h16H,4-15H2,1-3H3. The minimum atomic E-state index is -0.247. The lowest BCUT2D eigenvalue weighted by Crippen LogP contribution is -2.18. The molecule has 8 nitrogen and oxygen atoms in total. The molecule has 0 aromatic carbocycles. The van der Waals surface area contributed by atoms with Crippen LogP contribution >= 0.6 is 0 Å². The molecule has 26 heavy (non-hydrogen) atoms. The van der Waals surface area contributed by atoms with Crippen molar-refractivity contribution in [3.8, 4) is 0 Å². The van der Waals surface area contributed by atoms with Gasteiger partial charge in [0.2, 0.25) is 0 Å². The Labute approximate surface area is 156 Å². The van der Waals surface area contributed by atoms with Gasteiger partial charge in [-0.3, -0.25) is 9.59 Å². The summed E-state index contributed by atoms with van der Waals surface area (Å²) in [5.41, 5.74) is 0. The van der Waals surface area contributed by atoms with Gasteiger partial charge in [-0.25, -0.2) is 0 Å². The smallest absolute Gasteiger partial charge is 0.308 e. The third-order valence-electron chi connectivity index (χ3n) is 3.50. The molecule has 154 valence electrons. The lowest BCUT2D eigenvalue weighted by atomic mass is 10.0. The van der Waals surface area contributed by atoms with Crippen LogP contribution in [0, 0.1) is 5.92 Å². The molecular formula is C18H34O8. The zero-order valence-corrected chi connectivity index (χ0v) is 16.3. The molecule has 0 amide bonds. The van der Waals surface area contributed by atoms with Gasteiger partial charge in [0.05, 0.1) is 45.6 Å². The Morgan fingerprint density at radius 1 is 0.731 bits per heavy atom. The van der Waals surface area contributed by atoms with Crippen molar-refractivity contribution in [2.75, 3.05) is 67.1 Å². The summed E-state index contributed by atoms with van der Waals surface area (Å²) in [6, 6.07) is 0. The van der Waals surface area contributed by atoms with Gasteiger partial charge >= 0.3 is 11.9 Å². The molecule has 0 heterocycles. The molecule has 1 atom stereocenters. The highest BCUT2D eigenvalue weighted by Gasteiger charge is 2.14. The first-order valence-electron chi connectivity index (χ1n) is 9.07. The molecule has 0 aliphatic carbocycles. The zero-order valence-electron chi connectivity index (χ0n) is 16.3. The fourth-order valence-electron chi connectivity index (χ4n) is 1.96. The van der Waals surface area contributed by atoms with Gasteiger partial charge in [-0.2, -0.15) is 0 Å². The van der Waals surface area contributed by atoms with Gasteiger partial charge < -0.3 is 28.4 Å². The molecule has 0 radical (unpaired) electrons. The van der Waals surface area contributed by atoms with E-state index in [1.807, 2.05) is 6.92 Å². The number of rotatable bonds is 18. The third kappa shape index (κ3) is 16.3. The summed E-state index contributed by atoms with van der Waals surface area (Å²) in [7, 11) is 3.20. The van der Waals surface area contributed by atoms with Crippen LogP contribution in [0.5, 0.6) is 0 Å². The summed E-state index contributed by atoms with van der Waals surface area (Å²) in [6.07, 6.45) is 2.46. The number of esters is 2. The summed E-state index contributed by atoms with van der Waals surface area (Å²) < 4.78 is 30.3. The van der Waals surface area contributed by atoms with Gasteiger partial charge in [0.25, 0.3) is 0 Å². The van der Waals surface area contributed by atoms with Crippen LogP contribution in [0.25, 0.3) is 0 Å². The first-order chi connectivity index (χ1) is 12.6. The number of methoxy groups -OCH3 is 2. The van der Waals surface area contributed by atoms with Gasteiger partial charge in [-0.05, 0) is 12.8 Å². The van der Waals surface area contributed by atoms with E-state index in [0.717, 1.165) is 6.42 Å². The molecule has 0 aromatic heterocycles. The number of unbranched alkanes of at least 4 members (excludes halogenated alkanes) is 1. The Morgan fingerprint density at radius 2 is 1.27 bits per heavy atom. The molecule has 0 aromatic rings. The lowest BCUT2D eigenvalue weighted by Gasteiger charge is -2.11. The molecule has 0 fully saturated rings. The van der Waals surface area contributed by atoms with E-state index >= 15 is 0 Å². The van der Waals surface area contributed by atoms with E-state index in [1.165, 1.54) is 0 Å². The van der Waals surface area contributed by atoms with E-state index in [0.29, 0.717) is 58.9 Å². The van der Waals surface area contributed by atoms with E-state index in [2.05, 4.69) is 0 Å². The quantitative estimate of drug-likeness (QED) is 0.262. The van der Waals surface area contributed by atoms with Crippen LogP contribution in [0.1, 0.15) is 32.6 Å². The number of carbonyl (C=O) groups is 2. The van der Waals surface area contributed by atoms with Crippen LogP contribution in [-0.4, -0.2) is 79.0 Å². The topological polar surface area (TPSA) is 89.5 Å². The fraction of sp³-hybridized carbons (Fsp3) is 0.889. The number of hydrogen-bond acceptors (Lipinski definition) is 8. The van der Waals surface area contributed by atoms with Crippen molar-refractivity contribution in [1.29, 1.82) is 0 Å². The van der Waals surface area contributed by atoms with Gasteiger partial charge in [-0.1, -0.05) is 13.3 Å². The van der Waals surface area contributed by atoms with Crippen molar-refractivity contribution in [2.24, 2.45) is 5.92 Å². The van der Waals surface area contributed by atoms with Crippen LogP contribution < -0.4 is 0 Å². The van der Waals surface area contributed by atoms with Crippen LogP contribution in [0.15, 0.2) is 0 Å². The number of ether oxygens (including phenoxy) is 6. The summed E-state index contributed by atoms with van der Waals surface area (Å²) in [5.74, 6) is -0.681. The van der Waals surface area contributed by atoms with Crippen LogP contribution in [-0.2, 0) is 38.0 Å². The first kappa shape index (κ1) is 24.8. The normalized spacial score (nSPS) is 12.0. The highest BCUT2D eigenvalue weighted by atomic mass is 16.6. The number of hydrogen-bond donors (Lipinski definition) is 0. The molecule has 8 heteroatoms. The van der Waals surface area contributed by atoms with Gasteiger partial charge in [0.15, 0.2) is 0 Å². The average Bonchev–Trinajstić information content (AvgIpc) is 2.64. The van der Waals surface area contributed by atoms with Crippen molar-refractivity contribution in [3.63, 3.8) is 0 Å². The van der Waals surface area contributed by atoms with Gasteiger partial charge in [0, 0.05) is 20.6 Å². The molecule has 0 N–H and O–H groups in total. The Balaban J connectivity index is 3.49. The second-order valence-electron chi connectivity index (χ2n) is 5.75. The third-order valence-corrected chi connectivity index (χ3v) is 3.50. The van der Waals surface area contributed by atoms with Crippen LogP contribution in [0.3, 0.4) is 0 Å². The molecule has 0 rings (SSSR count). The van der Waals surface area contributed by atoms with Crippen molar-refractivity contribution in [2.45, 2.75) is 32.6 Å². The highest BCUT2D eigenvalue weighted by molar-refractivity contribution is 5.72. The molecule has 1 unspecified atom stereocenters. The van der Waals surface area contributed by atoms with E-state index in [1.54, 1.807) is 14.2 Å². The van der Waals surface area contributed by atoms with Gasteiger partial charge in [0.1, 0.15) is 13.2 Å². The van der Waals surface area contributed by atoms with Crippen molar-refractivity contribution < 1.29 is 38.0 Å². The summed E-state index contributed by atoms with van der Waals surface area (Å²) in [5, 5.41) is 0. The van der Waals surface area contributed by atoms with Crippen molar-refractivity contribution in [3.05, 3.63) is 0 Å². The maximum absolute atomic E-state index is 11.8. The van der Waals surface area contributed by atoms with E-state index in [-0.39, 0.29) is 31.1 Å². The molecule has 0 bridgehead atoms. The molecule has 0 aliphatic heterocycles. The highest BCUT2D eigenvalue weighted by Crippen LogP contribution is 2.11. The fourth-order valence-corrected chi connectivity index (χ4v) is 1.96. The summed E-state index contributed by atoms with van der Waals surface area (Å²) >= 11 is 0. The Hall–Kier alpha value is -1.22. The molecule has 0 aliphatic rings.